The van der Waals surface area contributed by atoms with E-state index in [0.717, 1.165) is 25.3 Å². The van der Waals surface area contributed by atoms with Gasteiger partial charge in [-0.05, 0) is 42.9 Å². The molecule has 2 nitrogen and oxygen atoms in total. The van der Waals surface area contributed by atoms with Crippen LogP contribution in [-0.2, 0) is 6.18 Å². The van der Waals surface area contributed by atoms with Crippen molar-refractivity contribution in [3.05, 3.63) is 33.8 Å². The summed E-state index contributed by atoms with van der Waals surface area (Å²) in [6.45, 7) is 2.58. The zero-order valence-electron chi connectivity index (χ0n) is 11.0. The average molecular weight is 350 g/mol. The van der Waals surface area contributed by atoms with Gasteiger partial charge in [-0.1, -0.05) is 22.9 Å². The number of halogens is 4. The van der Waals surface area contributed by atoms with Crippen LogP contribution in [0.5, 0.6) is 0 Å². The van der Waals surface area contributed by atoms with E-state index in [0.29, 0.717) is 6.54 Å². The molecular formula is C14H15BrF3NO. The molecule has 1 saturated carbocycles. The molecule has 1 amide bonds. The van der Waals surface area contributed by atoms with Crippen molar-refractivity contribution in [3.8, 4) is 0 Å². The summed E-state index contributed by atoms with van der Waals surface area (Å²) in [5.74, 6) is -0.456. The van der Waals surface area contributed by atoms with Crippen molar-refractivity contribution in [2.75, 3.05) is 6.54 Å². The van der Waals surface area contributed by atoms with Crippen LogP contribution in [-0.4, -0.2) is 12.5 Å². The highest BCUT2D eigenvalue weighted by atomic mass is 79.9. The Balaban J connectivity index is 2.10. The maximum atomic E-state index is 12.8. The number of benzene rings is 1. The summed E-state index contributed by atoms with van der Waals surface area (Å²) in [5.41, 5.74) is -0.632. The molecule has 110 valence electrons. The Bertz CT molecular complexity index is 524. The molecule has 0 unspecified atom stereocenters. The minimum Gasteiger partial charge on any atom is -0.351 e. The van der Waals surface area contributed by atoms with E-state index >= 15 is 0 Å². The van der Waals surface area contributed by atoms with Gasteiger partial charge in [-0.3, -0.25) is 4.79 Å². The van der Waals surface area contributed by atoms with Gasteiger partial charge in [0, 0.05) is 16.6 Å². The van der Waals surface area contributed by atoms with Gasteiger partial charge in [-0.2, -0.15) is 13.2 Å². The molecule has 1 fully saturated rings. The quantitative estimate of drug-likeness (QED) is 0.858. The van der Waals surface area contributed by atoms with Crippen molar-refractivity contribution >= 4 is 21.8 Å². The highest BCUT2D eigenvalue weighted by Crippen LogP contribution is 2.47. The molecule has 6 heteroatoms. The number of carbonyl (C=O) groups excluding carboxylic acids is 1. The maximum Gasteiger partial charge on any atom is 0.417 e. The van der Waals surface area contributed by atoms with Gasteiger partial charge in [-0.15, -0.1) is 0 Å². The Morgan fingerprint density at radius 3 is 2.55 bits per heavy atom. The van der Waals surface area contributed by atoms with Crippen LogP contribution in [0.4, 0.5) is 13.2 Å². The number of hydrogen-bond donors (Lipinski definition) is 1. The molecule has 20 heavy (non-hydrogen) atoms. The molecule has 2 rings (SSSR count). The Labute approximate surface area is 123 Å². The van der Waals surface area contributed by atoms with E-state index in [-0.39, 0.29) is 15.5 Å². The van der Waals surface area contributed by atoms with Gasteiger partial charge in [0.05, 0.1) is 5.56 Å². The Hall–Kier alpha value is -1.04. The second-order valence-electron chi connectivity index (χ2n) is 5.23. The first-order chi connectivity index (χ1) is 9.27. The molecule has 0 saturated heterocycles. The summed E-state index contributed by atoms with van der Waals surface area (Å²) < 4.78 is 38.2. The second kappa shape index (κ2) is 5.39. The van der Waals surface area contributed by atoms with Crippen molar-refractivity contribution in [2.45, 2.75) is 32.4 Å². The summed E-state index contributed by atoms with van der Waals surface area (Å²) in [6.07, 6.45) is -1.37. The highest BCUT2D eigenvalue weighted by Gasteiger charge is 2.40. The van der Waals surface area contributed by atoms with E-state index in [1.54, 1.807) is 0 Å². The van der Waals surface area contributed by atoms with Crippen LogP contribution < -0.4 is 5.32 Å². The first-order valence-electron chi connectivity index (χ1n) is 6.42. The van der Waals surface area contributed by atoms with Crippen molar-refractivity contribution in [1.29, 1.82) is 0 Å². The van der Waals surface area contributed by atoms with Gasteiger partial charge in [0.15, 0.2) is 0 Å². The van der Waals surface area contributed by atoms with Gasteiger partial charge in [0.2, 0.25) is 0 Å². The zero-order valence-corrected chi connectivity index (χ0v) is 12.6. The van der Waals surface area contributed by atoms with Gasteiger partial charge in [0.25, 0.3) is 5.91 Å². The van der Waals surface area contributed by atoms with E-state index < -0.39 is 17.6 Å². The summed E-state index contributed by atoms with van der Waals surface area (Å²) >= 11 is 2.86. The topological polar surface area (TPSA) is 29.1 Å². The summed E-state index contributed by atoms with van der Waals surface area (Å²) in [5, 5.41) is 2.73. The minimum absolute atomic E-state index is 0.0347. The lowest BCUT2D eigenvalue weighted by molar-refractivity contribution is -0.138. The zero-order chi connectivity index (χ0) is 15.0. The van der Waals surface area contributed by atoms with E-state index in [1.807, 2.05) is 0 Å². The molecule has 0 atom stereocenters. The fourth-order valence-electron chi connectivity index (χ4n) is 2.09. The number of hydrogen-bond acceptors (Lipinski definition) is 1. The summed E-state index contributed by atoms with van der Waals surface area (Å²) in [6, 6.07) is 3.52. The molecule has 0 bridgehead atoms. The number of carbonyl (C=O) groups is 1. The van der Waals surface area contributed by atoms with Crippen molar-refractivity contribution in [1.82, 2.24) is 5.32 Å². The third kappa shape index (κ3) is 3.34. The monoisotopic (exact) mass is 349 g/mol. The smallest absolute Gasteiger partial charge is 0.351 e. The van der Waals surface area contributed by atoms with E-state index in [2.05, 4.69) is 28.2 Å². The van der Waals surface area contributed by atoms with Gasteiger partial charge in [0.1, 0.15) is 0 Å². The molecule has 0 aliphatic heterocycles. The van der Waals surface area contributed by atoms with Crippen LogP contribution in [0.25, 0.3) is 0 Å². The number of amides is 1. The molecule has 1 aromatic carbocycles. The number of alkyl halides is 3. The van der Waals surface area contributed by atoms with Crippen molar-refractivity contribution in [3.63, 3.8) is 0 Å². The molecule has 1 aliphatic carbocycles. The number of rotatable bonds is 4. The predicted octanol–water partition coefficient (Wildman–Crippen LogP) is 4.39. The Kier molecular flexibility index (Phi) is 4.14. The van der Waals surface area contributed by atoms with Crippen LogP contribution in [0, 0.1) is 5.41 Å². The highest BCUT2D eigenvalue weighted by molar-refractivity contribution is 9.10. The van der Waals surface area contributed by atoms with Crippen LogP contribution in [0.1, 0.15) is 42.1 Å². The largest absolute Gasteiger partial charge is 0.417 e. The van der Waals surface area contributed by atoms with Gasteiger partial charge in [-0.25, -0.2) is 0 Å². The van der Waals surface area contributed by atoms with E-state index in [9.17, 15) is 18.0 Å². The third-order valence-electron chi connectivity index (χ3n) is 3.87. The minimum atomic E-state index is -4.48. The number of nitrogens with one attached hydrogen (secondary N) is 1. The summed E-state index contributed by atoms with van der Waals surface area (Å²) in [7, 11) is 0. The first kappa shape index (κ1) is 15.4. The van der Waals surface area contributed by atoms with Crippen LogP contribution in [0.3, 0.4) is 0 Å². The lowest BCUT2D eigenvalue weighted by Gasteiger charge is -2.14. The molecule has 0 spiro atoms. The molecule has 1 N–H and O–H groups in total. The molecule has 0 aromatic heterocycles. The maximum absolute atomic E-state index is 12.8. The van der Waals surface area contributed by atoms with Gasteiger partial charge < -0.3 is 5.32 Å². The molecule has 0 heterocycles. The SMILES string of the molecule is CCC1(CNC(=O)c2ccc(Br)c(C(F)(F)F)c2)CC1. The van der Waals surface area contributed by atoms with Gasteiger partial charge >= 0.3 is 6.18 Å². The van der Waals surface area contributed by atoms with E-state index in [1.165, 1.54) is 12.1 Å². The van der Waals surface area contributed by atoms with Crippen LogP contribution in [0.15, 0.2) is 22.7 Å². The Morgan fingerprint density at radius 2 is 2.05 bits per heavy atom. The summed E-state index contributed by atoms with van der Waals surface area (Å²) in [4.78, 5) is 11.9. The average Bonchev–Trinajstić information content (AvgIpc) is 3.16. The van der Waals surface area contributed by atoms with E-state index in [4.69, 9.17) is 0 Å². The standard InChI is InChI=1S/C14H15BrF3NO/c1-2-13(5-6-13)8-19-12(20)9-3-4-11(15)10(7-9)14(16,17)18/h3-4,7H,2,5-6,8H2,1H3,(H,19,20). The van der Waals surface area contributed by atoms with Crippen LogP contribution in [0.2, 0.25) is 0 Å². The third-order valence-corrected chi connectivity index (χ3v) is 4.56. The molecule has 0 radical (unpaired) electrons. The van der Waals surface area contributed by atoms with Crippen LogP contribution >= 0.6 is 15.9 Å². The lowest BCUT2D eigenvalue weighted by Crippen LogP contribution is -2.30. The predicted molar refractivity (Wildman–Crippen MR) is 73.4 cm³/mol. The molecule has 1 aliphatic rings. The normalized spacial score (nSPS) is 16.9. The lowest BCUT2D eigenvalue weighted by atomic mass is 10.0. The second-order valence-corrected chi connectivity index (χ2v) is 6.08. The van der Waals surface area contributed by atoms with Crippen molar-refractivity contribution < 1.29 is 18.0 Å². The molecular weight excluding hydrogens is 335 g/mol. The fraction of sp³-hybridized carbons (Fsp3) is 0.500. The fourth-order valence-corrected chi connectivity index (χ4v) is 2.56. The Morgan fingerprint density at radius 1 is 1.40 bits per heavy atom. The van der Waals surface area contributed by atoms with Crippen molar-refractivity contribution in [2.24, 2.45) is 5.41 Å². The first-order valence-corrected chi connectivity index (χ1v) is 7.22. The molecule has 1 aromatic rings.